The van der Waals surface area contributed by atoms with E-state index in [4.69, 9.17) is 4.74 Å². The molecule has 0 fully saturated rings. The average Bonchev–Trinajstić information content (AvgIpc) is 2.51. The van der Waals surface area contributed by atoms with Crippen molar-refractivity contribution in [2.24, 2.45) is 0 Å². The fraction of sp³-hybridized carbons (Fsp3) is 0.389. The number of nitrogens with one attached hydrogen (secondary N) is 1. The molecule has 0 saturated carbocycles. The highest BCUT2D eigenvalue weighted by atomic mass is 79.9. The van der Waals surface area contributed by atoms with Gasteiger partial charge in [0, 0.05) is 18.5 Å². The number of aromatic nitrogens is 2. The molecule has 24 heavy (non-hydrogen) atoms. The Bertz CT molecular complexity index is 684. The molecule has 1 N–H and O–H groups in total. The van der Waals surface area contributed by atoms with Gasteiger partial charge in [-0.15, -0.1) is 10.2 Å². The van der Waals surface area contributed by atoms with Crippen molar-refractivity contribution in [1.29, 1.82) is 0 Å². The van der Waals surface area contributed by atoms with Gasteiger partial charge in [-0.25, -0.2) is 0 Å². The van der Waals surface area contributed by atoms with Crippen molar-refractivity contribution in [3.8, 4) is 11.3 Å². The van der Waals surface area contributed by atoms with E-state index in [1.165, 1.54) is 0 Å². The molecule has 128 valence electrons. The largest absolute Gasteiger partial charge is 0.460 e. The van der Waals surface area contributed by atoms with Crippen molar-refractivity contribution in [2.75, 3.05) is 11.9 Å². The van der Waals surface area contributed by atoms with E-state index in [2.05, 4.69) is 31.4 Å². The predicted molar refractivity (Wildman–Crippen MR) is 98.7 cm³/mol. The molecule has 1 heterocycles. The van der Waals surface area contributed by atoms with Gasteiger partial charge in [0.2, 0.25) is 0 Å². The lowest BCUT2D eigenvalue weighted by atomic mass is 10.1. The quantitative estimate of drug-likeness (QED) is 0.582. The minimum Gasteiger partial charge on any atom is -0.460 e. The van der Waals surface area contributed by atoms with Crippen molar-refractivity contribution in [3.05, 3.63) is 41.0 Å². The predicted octanol–water partition coefficient (Wildman–Crippen LogP) is 4.44. The summed E-state index contributed by atoms with van der Waals surface area (Å²) in [5.41, 5.74) is 2.22. The first-order valence-electron chi connectivity index (χ1n) is 7.89. The number of ether oxygens (including phenoxy) is 1. The Morgan fingerprint density at radius 1 is 1.21 bits per heavy atom. The average molecular weight is 392 g/mol. The lowest BCUT2D eigenvalue weighted by Gasteiger charge is -2.19. The molecule has 0 aliphatic carbocycles. The van der Waals surface area contributed by atoms with Crippen LogP contribution in [0.3, 0.4) is 0 Å². The zero-order valence-electron chi connectivity index (χ0n) is 14.2. The minimum atomic E-state index is -0.440. The number of carbonyl (C=O) groups excluding carboxylic acids is 1. The van der Waals surface area contributed by atoms with Crippen molar-refractivity contribution in [1.82, 2.24) is 10.2 Å². The Labute approximate surface area is 151 Å². The fourth-order valence-corrected chi connectivity index (χ4v) is 2.47. The number of hydrogen-bond donors (Lipinski definition) is 1. The van der Waals surface area contributed by atoms with E-state index in [0.717, 1.165) is 16.9 Å². The van der Waals surface area contributed by atoms with Crippen LogP contribution in [0.1, 0.15) is 33.6 Å². The van der Waals surface area contributed by atoms with Gasteiger partial charge in [-0.2, -0.15) is 0 Å². The summed E-state index contributed by atoms with van der Waals surface area (Å²) in [6, 6.07) is 11.8. The van der Waals surface area contributed by atoms with E-state index < -0.39 is 5.60 Å². The second-order valence-corrected chi connectivity index (χ2v) is 7.22. The highest BCUT2D eigenvalue weighted by Crippen LogP contribution is 2.26. The zero-order valence-corrected chi connectivity index (χ0v) is 15.8. The van der Waals surface area contributed by atoms with Crippen molar-refractivity contribution in [2.45, 2.75) is 39.2 Å². The monoisotopic (exact) mass is 391 g/mol. The molecule has 0 aliphatic rings. The summed E-state index contributed by atoms with van der Waals surface area (Å²) >= 11 is 3.35. The van der Waals surface area contributed by atoms with E-state index >= 15 is 0 Å². The van der Waals surface area contributed by atoms with Crippen LogP contribution >= 0.6 is 15.9 Å². The molecule has 0 bridgehead atoms. The number of anilines is 1. The molecule has 5 nitrogen and oxygen atoms in total. The zero-order chi connectivity index (χ0) is 17.6. The maximum absolute atomic E-state index is 11.7. The van der Waals surface area contributed by atoms with Crippen LogP contribution in [0.15, 0.2) is 41.0 Å². The van der Waals surface area contributed by atoms with Gasteiger partial charge in [0.15, 0.2) is 0 Å². The van der Waals surface area contributed by atoms with Gasteiger partial charge in [0.25, 0.3) is 0 Å². The van der Waals surface area contributed by atoms with Gasteiger partial charge >= 0.3 is 5.97 Å². The molecule has 1 aromatic carbocycles. The van der Waals surface area contributed by atoms with E-state index in [1.807, 2.05) is 57.2 Å². The Hall–Kier alpha value is -1.95. The molecule has 2 rings (SSSR count). The van der Waals surface area contributed by atoms with E-state index in [0.29, 0.717) is 24.0 Å². The van der Waals surface area contributed by atoms with Gasteiger partial charge in [0.1, 0.15) is 15.9 Å². The summed E-state index contributed by atoms with van der Waals surface area (Å²) in [4.78, 5) is 11.7. The number of rotatable bonds is 6. The Kier molecular flexibility index (Phi) is 6.31. The highest BCUT2D eigenvalue weighted by Gasteiger charge is 2.15. The first-order valence-corrected chi connectivity index (χ1v) is 8.69. The SMILES string of the molecule is CC(C)(C)OC(=O)CCCNc1cc(Br)nnc1-c1ccccc1. The van der Waals surface area contributed by atoms with Gasteiger partial charge < -0.3 is 10.1 Å². The van der Waals surface area contributed by atoms with Gasteiger partial charge in [-0.3, -0.25) is 4.79 Å². The molecular formula is C18H22BrN3O2. The molecule has 0 saturated heterocycles. The third-order valence-electron chi connectivity index (χ3n) is 3.10. The first kappa shape index (κ1) is 18.4. The molecular weight excluding hydrogens is 370 g/mol. The van der Waals surface area contributed by atoms with Crippen LogP contribution in [0.4, 0.5) is 5.69 Å². The molecule has 2 aromatic rings. The minimum absolute atomic E-state index is 0.179. The molecule has 0 spiro atoms. The van der Waals surface area contributed by atoms with Crippen molar-refractivity contribution in [3.63, 3.8) is 0 Å². The molecule has 6 heteroatoms. The number of esters is 1. The molecule has 0 atom stereocenters. The molecule has 0 unspecified atom stereocenters. The standard InChI is InChI=1S/C18H22BrN3O2/c1-18(2,3)24-16(23)10-7-11-20-14-12-15(19)21-22-17(14)13-8-5-4-6-9-13/h4-6,8-9,12H,7,10-11H2,1-3H3,(H,20,21). The fourth-order valence-electron chi connectivity index (χ4n) is 2.16. The smallest absolute Gasteiger partial charge is 0.306 e. The Morgan fingerprint density at radius 3 is 2.58 bits per heavy atom. The number of nitrogens with zero attached hydrogens (tertiary/aromatic N) is 2. The molecule has 1 aromatic heterocycles. The number of halogens is 1. The normalized spacial score (nSPS) is 11.2. The van der Waals surface area contributed by atoms with Crippen LogP contribution in [0.2, 0.25) is 0 Å². The topological polar surface area (TPSA) is 64.1 Å². The lowest BCUT2D eigenvalue weighted by Crippen LogP contribution is -2.24. The third kappa shape index (κ3) is 5.92. The van der Waals surface area contributed by atoms with Crippen LogP contribution in [-0.4, -0.2) is 28.3 Å². The molecule has 0 amide bonds. The summed E-state index contributed by atoms with van der Waals surface area (Å²) in [7, 11) is 0. The van der Waals surface area contributed by atoms with Crippen molar-refractivity contribution >= 4 is 27.6 Å². The maximum Gasteiger partial charge on any atom is 0.306 e. The summed E-state index contributed by atoms with van der Waals surface area (Å²) in [6.45, 7) is 6.26. The van der Waals surface area contributed by atoms with E-state index in [9.17, 15) is 4.79 Å². The summed E-state index contributed by atoms with van der Waals surface area (Å²) in [5.74, 6) is -0.179. The third-order valence-corrected chi connectivity index (χ3v) is 3.49. The van der Waals surface area contributed by atoms with Gasteiger partial charge in [-0.05, 0) is 49.2 Å². The van der Waals surface area contributed by atoms with Crippen LogP contribution in [-0.2, 0) is 9.53 Å². The van der Waals surface area contributed by atoms with E-state index in [-0.39, 0.29) is 5.97 Å². The van der Waals surface area contributed by atoms with Crippen LogP contribution in [0.5, 0.6) is 0 Å². The maximum atomic E-state index is 11.7. The summed E-state index contributed by atoms with van der Waals surface area (Å²) < 4.78 is 5.97. The second kappa shape index (κ2) is 8.24. The van der Waals surface area contributed by atoms with Crippen molar-refractivity contribution < 1.29 is 9.53 Å². The number of hydrogen-bond acceptors (Lipinski definition) is 5. The summed E-state index contributed by atoms with van der Waals surface area (Å²) in [6.07, 6.45) is 1.06. The summed E-state index contributed by atoms with van der Waals surface area (Å²) in [5, 5.41) is 11.7. The number of benzene rings is 1. The first-order chi connectivity index (χ1) is 11.3. The Morgan fingerprint density at radius 2 is 1.92 bits per heavy atom. The van der Waals surface area contributed by atoms with Crippen LogP contribution in [0.25, 0.3) is 11.3 Å². The number of carbonyl (C=O) groups is 1. The Balaban J connectivity index is 1.95. The highest BCUT2D eigenvalue weighted by molar-refractivity contribution is 9.10. The van der Waals surface area contributed by atoms with Gasteiger partial charge in [-0.1, -0.05) is 30.3 Å². The van der Waals surface area contributed by atoms with Gasteiger partial charge in [0.05, 0.1) is 5.69 Å². The van der Waals surface area contributed by atoms with E-state index in [1.54, 1.807) is 0 Å². The molecule has 0 aliphatic heterocycles. The second-order valence-electron chi connectivity index (χ2n) is 6.41. The van der Waals surface area contributed by atoms with Crippen LogP contribution in [0, 0.1) is 0 Å². The lowest BCUT2D eigenvalue weighted by molar-refractivity contribution is -0.154. The van der Waals surface area contributed by atoms with Crippen LogP contribution < -0.4 is 5.32 Å². The molecule has 0 radical (unpaired) electrons.